The summed E-state index contributed by atoms with van der Waals surface area (Å²) >= 11 is 0. The predicted molar refractivity (Wildman–Crippen MR) is 65.6 cm³/mol. The molecule has 1 fully saturated rings. The van der Waals surface area contributed by atoms with Crippen molar-refractivity contribution in [1.29, 1.82) is 0 Å². The summed E-state index contributed by atoms with van der Waals surface area (Å²) in [5.41, 5.74) is 0.183. The second-order valence-electron chi connectivity index (χ2n) is 6.20. The predicted octanol–water partition coefficient (Wildman–Crippen LogP) is 1.99. The molecular formula is C13H23NO3. The molecule has 2 atom stereocenters. The molecule has 1 amide bonds. The fourth-order valence-corrected chi connectivity index (χ4v) is 3.13. The van der Waals surface area contributed by atoms with E-state index >= 15 is 0 Å². The Kier molecular flexibility index (Phi) is 4.17. The largest absolute Gasteiger partial charge is 0.480 e. The van der Waals surface area contributed by atoms with E-state index in [0.717, 1.165) is 19.3 Å². The molecule has 1 aliphatic rings. The maximum Gasteiger partial charge on any atom is 0.323 e. The number of carboxylic acid groups (broad SMARTS) is 1. The Hall–Kier alpha value is -1.06. The van der Waals surface area contributed by atoms with Crippen LogP contribution in [0.25, 0.3) is 0 Å². The Bertz CT molecular complexity index is 312. The number of carbonyl (C=O) groups is 2. The molecule has 4 heteroatoms. The van der Waals surface area contributed by atoms with Crippen molar-refractivity contribution < 1.29 is 14.7 Å². The van der Waals surface area contributed by atoms with Gasteiger partial charge in [-0.05, 0) is 30.6 Å². The summed E-state index contributed by atoms with van der Waals surface area (Å²) in [5.74, 6) is -0.458. The van der Waals surface area contributed by atoms with Gasteiger partial charge in [0.2, 0.25) is 5.91 Å². The van der Waals surface area contributed by atoms with Crippen LogP contribution in [0.4, 0.5) is 0 Å². The smallest absolute Gasteiger partial charge is 0.323 e. The second-order valence-corrected chi connectivity index (χ2v) is 6.20. The summed E-state index contributed by atoms with van der Waals surface area (Å²) in [6, 6.07) is 0. The van der Waals surface area contributed by atoms with Crippen LogP contribution < -0.4 is 0 Å². The monoisotopic (exact) mass is 241 g/mol. The third kappa shape index (κ3) is 4.02. The fraction of sp³-hybridized carbons (Fsp3) is 0.846. The van der Waals surface area contributed by atoms with E-state index in [9.17, 15) is 9.59 Å². The molecule has 0 aromatic carbocycles. The lowest BCUT2D eigenvalue weighted by Crippen LogP contribution is -2.41. The standard InChI is InChI=1S/C13H23NO3/c1-9-5-10(7-13(2,3)6-9)12(17)14(4)8-11(15)16/h9-10H,5-8H2,1-4H3,(H,15,16). The van der Waals surface area contributed by atoms with Crippen LogP contribution in [-0.4, -0.2) is 35.5 Å². The van der Waals surface area contributed by atoms with E-state index in [0.29, 0.717) is 5.92 Å². The highest BCUT2D eigenvalue weighted by atomic mass is 16.4. The van der Waals surface area contributed by atoms with E-state index in [1.807, 2.05) is 0 Å². The third-order valence-electron chi connectivity index (χ3n) is 3.48. The van der Waals surface area contributed by atoms with Crippen molar-refractivity contribution in [1.82, 2.24) is 4.90 Å². The van der Waals surface area contributed by atoms with Gasteiger partial charge < -0.3 is 10.0 Å². The lowest BCUT2D eigenvalue weighted by Gasteiger charge is -2.39. The number of carbonyl (C=O) groups excluding carboxylic acids is 1. The van der Waals surface area contributed by atoms with Crippen LogP contribution in [0.15, 0.2) is 0 Å². The van der Waals surface area contributed by atoms with Crippen molar-refractivity contribution >= 4 is 11.9 Å². The zero-order valence-electron chi connectivity index (χ0n) is 11.2. The molecule has 0 spiro atoms. The van der Waals surface area contributed by atoms with E-state index in [-0.39, 0.29) is 23.8 Å². The van der Waals surface area contributed by atoms with Crippen molar-refractivity contribution in [2.75, 3.05) is 13.6 Å². The van der Waals surface area contributed by atoms with Crippen molar-refractivity contribution in [2.24, 2.45) is 17.3 Å². The van der Waals surface area contributed by atoms with Gasteiger partial charge in [-0.3, -0.25) is 9.59 Å². The SMILES string of the molecule is CC1CC(C(=O)N(C)CC(=O)O)CC(C)(C)C1. The van der Waals surface area contributed by atoms with E-state index < -0.39 is 5.97 Å². The molecule has 1 rings (SSSR count). The molecule has 0 heterocycles. The number of nitrogens with zero attached hydrogens (tertiary/aromatic N) is 1. The number of hydrogen-bond acceptors (Lipinski definition) is 2. The van der Waals surface area contributed by atoms with Crippen LogP contribution in [-0.2, 0) is 9.59 Å². The molecule has 0 aromatic heterocycles. The Morgan fingerprint density at radius 3 is 2.41 bits per heavy atom. The lowest BCUT2D eigenvalue weighted by molar-refractivity contribution is -0.146. The van der Waals surface area contributed by atoms with Gasteiger partial charge in [0.1, 0.15) is 6.54 Å². The van der Waals surface area contributed by atoms with Gasteiger partial charge in [0.25, 0.3) is 0 Å². The highest BCUT2D eigenvalue weighted by Crippen LogP contribution is 2.42. The first-order valence-corrected chi connectivity index (χ1v) is 6.18. The molecule has 2 unspecified atom stereocenters. The number of likely N-dealkylation sites (N-methyl/N-ethyl adjacent to an activating group) is 1. The maximum absolute atomic E-state index is 12.1. The van der Waals surface area contributed by atoms with Crippen molar-refractivity contribution in [3.63, 3.8) is 0 Å². The van der Waals surface area contributed by atoms with Gasteiger partial charge in [0, 0.05) is 13.0 Å². The average Bonchev–Trinajstić information content (AvgIpc) is 2.12. The lowest BCUT2D eigenvalue weighted by atomic mass is 9.68. The Balaban J connectivity index is 2.65. The number of carboxylic acids is 1. The summed E-state index contributed by atoms with van der Waals surface area (Å²) in [6.45, 7) is 6.32. The quantitative estimate of drug-likeness (QED) is 0.822. The molecule has 0 aromatic rings. The summed E-state index contributed by atoms with van der Waals surface area (Å²) in [4.78, 5) is 24.1. The maximum atomic E-state index is 12.1. The number of hydrogen-bond donors (Lipinski definition) is 1. The number of rotatable bonds is 3. The van der Waals surface area contributed by atoms with Crippen LogP contribution >= 0.6 is 0 Å². The van der Waals surface area contributed by atoms with Gasteiger partial charge in [-0.2, -0.15) is 0 Å². The highest BCUT2D eigenvalue weighted by Gasteiger charge is 2.36. The zero-order valence-corrected chi connectivity index (χ0v) is 11.2. The summed E-state index contributed by atoms with van der Waals surface area (Å²) < 4.78 is 0. The minimum Gasteiger partial charge on any atom is -0.480 e. The van der Waals surface area contributed by atoms with Gasteiger partial charge in [0.05, 0.1) is 0 Å². The Morgan fingerprint density at radius 1 is 1.35 bits per heavy atom. The van der Waals surface area contributed by atoms with Gasteiger partial charge in [-0.1, -0.05) is 20.8 Å². The minimum absolute atomic E-state index is 0.0156. The van der Waals surface area contributed by atoms with Gasteiger partial charge in [-0.15, -0.1) is 0 Å². The molecule has 0 bridgehead atoms. The van der Waals surface area contributed by atoms with E-state index in [4.69, 9.17) is 5.11 Å². The van der Waals surface area contributed by atoms with E-state index in [2.05, 4.69) is 20.8 Å². The summed E-state index contributed by atoms with van der Waals surface area (Å²) in [5, 5.41) is 8.69. The number of amides is 1. The zero-order chi connectivity index (χ0) is 13.2. The Morgan fingerprint density at radius 2 is 1.94 bits per heavy atom. The van der Waals surface area contributed by atoms with Crippen molar-refractivity contribution in [2.45, 2.75) is 40.0 Å². The van der Waals surface area contributed by atoms with Gasteiger partial charge in [0.15, 0.2) is 0 Å². The van der Waals surface area contributed by atoms with Crippen LogP contribution in [0.2, 0.25) is 0 Å². The topological polar surface area (TPSA) is 57.6 Å². The molecule has 1 N–H and O–H groups in total. The van der Waals surface area contributed by atoms with Crippen LogP contribution in [0.3, 0.4) is 0 Å². The third-order valence-corrected chi connectivity index (χ3v) is 3.48. The second kappa shape index (κ2) is 5.07. The molecule has 0 radical (unpaired) electrons. The molecule has 1 saturated carbocycles. The molecule has 1 aliphatic carbocycles. The first-order chi connectivity index (χ1) is 7.71. The normalized spacial score (nSPS) is 27.5. The Labute approximate surface area is 103 Å². The van der Waals surface area contributed by atoms with Crippen LogP contribution in [0.5, 0.6) is 0 Å². The van der Waals surface area contributed by atoms with Crippen molar-refractivity contribution in [3.8, 4) is 0 Å². The van der Waals surface area contributed by atoms with Crippen LogP contribution in [0.1, 0.15) is 40.0 Å². The van der Waals surface area contributed by atoms with Gasteiger partial charge in [-0.25, -0.2) is 0 Å². The molecular weight excluding hydrogens is 218 g/mol. The van der Waals surface area contributed by atoms with Crippen LogP contribution in [0, 0.1) is 17.3 Å². The van der Waals surface area contributed by atoms with E-state index in [1.54, 1.807) is 7.05 Å². The van der Waals surface area contributed by atoms with Crippen molar-refractivity contribution in [3.05, 3.63) is 0 Å². The average molecular weight is 241 g/mol. The van der Waals surface area contributed by atoms with E-state index in [1.165, 1.54) is 4.90 Å². The summed E-state index contributed by atoms with van der Waals surface area (Å²) in [7, 11) is 1.57. The fourth-order valence-electron chi connectivity index (χ4n) is 3.13. The minimum atomic E-state index is -0.955. The summed E-state index contributed by atoms with van der Waals surface area (Å²) in [6.07, 6.45) is 2.88. The highest BCUT2D eigenvalue weighted by molar-refractivity contribution is 5.83. The number of aliphatic carboxylic acids is 1. The molecule has 98 valence electrons. The first kappa shape index (κ1) is 14.0. The van der Waals surface area contributed by atoms with Gasteiger partial charge >= 0.3 is 5.97 Å². The molecule has 0 saturated heterocycles. The molecule has 0 aliphatic heterocycles. The first-order valence-electron chi connectivity index (χ1n) is 6.18. The molecule has 4 nitrogen and oxygen atoms in total. The molecule has 17 heavy (non-hydrogen) atoms.